The third kappa shape index (κ3) is 12.3. The molecule has 0 aromatic rings. The Morgan fingerprint density at radius 2 is 1.80 bits per heavy atom. The Labute approximate surface area is 106 Å². The second-order valence-corrected chi connectivity index (χ2v) is 4.83. The zero-order chi connectivity index (χ0) is 11.4. The largest absolute Gasteiger partial charge is 0.463 e. The van der Waals surface area contributed by atoms with Gasteiger partial charge in [-0.1, -0.05) is 25.8 Å². The van der Waals surface area contributed by atoms with Crippen molar-refractivity contribution >= 4 is 34.5 Å². The molecule has 0 fully saturated rings. The molecule has 0 rings (SSSR count). The van der Waals surface area contributed by atoms with Crippen LogP contribution in [0.3, 0.4) is 0 Å². The van der Waals surface area contributed by atoms with Gasteiger partial charge in [-0.2, -0.15) is 0 Å². The predicted molar refractivity (Wildman–Crippen MR) is 72.5 cm³/mol. The van der Waals surface area contributed by atoms with Gasteiger partial charge in [0.25, 0.3) is 0 Å². The number of halogens is 1. The third-order valence-electron chi connectivity index (χ3n) is 1.86. The van der Waals surface area contributed by atoms with Crippen LogP contribution in [0.5, 0.6) is 0 Å². The van der Waals surface area contributed by atoms with Crippen LogP contribution in [0, 0.1) is 0 Å². The van der Waals surface area contributed by atoms with Crippen LogP contribution in [-0.4, -0.2) is 19.2 Å². The summed E-state index contributed by atoms with van der Waals surface area (Å²) >= 11 is 2.23. The Morgan fingerprint density at radius 3 is 2.40 bits per heavy atom. The maximum Gasteiger partial charge on any atom is 0.330 e. The second-order valence-electron chi connectivity index (χ2n) is 3.07. The third-order valence-corrected chi connectivity index (χ3v) is 3.10. The van der Waals surface area contributed by atoms with Crippen LogP contribution in [0.25, 0.3) is 0 Å². The van der Waals surface area contributed by atoms with Crippen molar-refractivity contribution in [3.63, 3.8) is 0 Å². The minimum absolute atomic E-state index is 0.327. The van der Waals surface area contributed by atoms with Crippen LogP contribution in [-0.2, 0) is 14.1 Å². The fraction of sp³-hybridized carbons (Fsp3) is 0.700. The van der Waals surface area contributed by atoms with E-state index in [-0.39, 0.29) is 5.97 Å². The number of rotatable bonds is 10. The van der Waals surface area contributed by atoms with Crippen molar-refractivity contribution in [2.45, 2.75) is 32.1 Å². The van der Waals surface area contributed by atoms with Crippen molar-refractivity contribution in [1.29, 1.82) is 0 Å². The van der Waals surface area contributed by atoms with Crippen LogP contribution in [0.1, 0.15) is 32.1 Å². The molecule has 0 saturated heterocycles. The molecule has 0 spiro atoms. The van der Waals surface area contributed by atoms with Crippen LogP contribution >= 0.6 is 28.5 Å². The van der Waals surface area contributed by atoms with Crippen LogP contribution < -0.4 is 0 Å². The van der Waals surface area contributed by atoms with Crippen molar-refractivity contribution in [3.05, 3.63) is 12.7 Å². The standard InChI is InChI=1S/C10H18IO3P/c1-2-10(12)13-8-6-4-3-5-7-9-14-15-11/h2,15H,1,3-9H2. The van der Waals surface area contributed by atoms with Crippen LogP contribution in [0.4, 0.5) is 0 Å². The fourth-order valence-corrected chi connectivity index (χ4v) is 1.96. The average Bonchev–Trinajstić information content (AvgIpc) is 2.26. The maximum atomic E-state index is 10.7. The van der Waals surface area contributed by atoms with E-state index in [1.54, 1.807) is 0 Å². The SMILES string of the molecule is C=CC(=O)OCCCCCCCOPI. The van der Waals surface area contributed by atoms with Crippen molar-refractivity contribution in [2.75, 3.05) is 13.2 Å². The van der Waals surface area contributed by atoms with E-state index in [0.717, 1.165) is 25.9 Å². The molecule has 0 aliphatic heterocycles. The lowest BCUT2D eigenvalue weighted by Gasteiger charge is -2.02. The first-order chi connectivity index (χ1) is 7.31. The summed E-state index contributed by atoms with van der Waals surface area (Å²) in [7, 11) is 0. The monoisotopic (exact) mass is 344 g/mol. The van der Waals surface area contributed by atoms with Gasteiger partial charge < -0.3 is 9.26 Å². The lowest BCUT2D eigenvalue weighted by molar-refractivity contribution is -0.137. The minimum atomic E-state index is -0.327. The molecule has 0 aliphatic rings. The molecule has 1 unspecified atom stereocenters. The van der Waals surface area contributed by atoms with Crippen molar-refractivity contribution in [3.8, 4) is 0 Å². The molecule has 3 nitrogen and oxygen atoms in total. The van der Waals surface area contributed by atoms with E-state index in [2.05, 4.69) is 28.6 Å². The summed E-state index contributed by atoms with van der Waals surface area (Å²) in [5.74, 6) is -0.327. The van der Waals surface area contributed by atoms with E-state index in [1.165, 1.54) is 18.9 Å². The normalized spacial score (nSPS) is 10.7. The Balaban J connectivity index is 2.98. The summed E-state index contributed by atoms with van der Waals surface area (Å²) in [6.07, 6.45) is 6.74. The predicted octanol–water partition coefficient (Wildman–Crippen LogP) is 3.63. The molecule has 0 saturated carbocycles. The first-order valence-electron chi connectivity index (χ1n) is 5.08. The van der Waals surface area contributed by atoms with Crippen LogP contribution in [0.15, 0.2) is 12.7 Å². The zero-order valence-electron chi connectivity index (χ0n) is 8.84. The summed E-state index contributed by atoms with van der Waals surface area (Å²) in [5.41, 5.74) is 0. The highest BCUT2D eigenvalue weighted by atomic mass is 127. The molecule has 88 valence electrons. The van der Waals surface area contributed by atoms with Gasteiger partial charge >= 0.3 is 5.97 Å². The smallest absolute Gasteiger partial charge is 0.330 e. The van der Waals surface area contributed by atoms with Gasteiger partial charge in [-0.3, -0.25) is 0 Å². The van der Waals surface area contributed by atoms with E-state index in [4.69, 9.17) is 9.26 Å². The summed E-state index contributed by atoms with van der Waals surface area (Å²) in [6, 6.07) is 0. The molecule has 0 amide bonds. The van der Waals surface area contributed by atoms with Gasteiger partial charge in [-0.15, -0.1) is 0 Å². The van der Waals surface area contributed by atoms with Gasteiger partial charge in [-0.05, 0) is 34.9 Å². The number of ether oxygens (including phenoxy) is 1. The highest BCUT2D eigenvalue weighted by Crippen LogP contribution is 2.22. The number of carbonyl (C=O) groups excluding carboxylic acids is 1. The van der Waals surface area contributed by atoms with Crippen molar-refractivity contribution in [1.82, 2.24) is 0 Å². The molecule has 15 heavy (non-hydrogen) atoms. The molecule has 0 radical (unpaired) electrons. The summed E-state index contributed by atoms with van der Waals surface area (Å²) < 4.78 is 10.1. The van der Waals surface area contributed by atoms with E-state index in [0.29, 0.717) is 13.1 Å². The molecule has 0 bridgehead atoms. The minimum Gasteiger partial charge on any atom is -0.463 e. The Kier molecular flexibility index (Phi) is 12.7. The van der Waals surface area contributed by atoms with Gasteiger partial charge in [0.05, 0.1) is 19.7 Å². The summed E-state index contributed by atoms with van der Waals surface area (Å²) in [5, 5.41) is 0. The number of unbranched alkanes of at least 4 members (excludes halogenated alkanes) is 4. The number of hydrogen-bond acceptors (Lipinski definition) is 3. The summed E-state index contributed by atoms with van der Waals surface area (Å²) in [6.45, 7) is 5.28. The van der Waals surface area contributed by atoms with Gasteiger partial charge in [0.1, 0.15) is 0 Å². The van der Waals surface area contributed by atoms with E-state index < -0.39 is 0 Å². The molecule has 5 heteroatoms. The molecule has 1 atom stereocenters. The first kappa shape index (κ1) is 15.3. The van der Waals surface area contributed by atoms with Gasteiger partial charge in [0.15, 0.2) is 0 Å². The lowest BCUT2D eigenvalue weighted by Crippen LogP contribution is -2.01. The van der Waals surface area contributed by atoms with Crippen molar-refractivity contribution < 1.29 is 14.1 Å². The fourth-order valence-electron chi connectivity index (χ4n) is 1.08. The quantitative estimate of drug-likeness (QED) is 0.200. The number of hydrogen-bond donors (Lipinski definition) is 0. The topological polar surface area (TPSA) is 35.5 Å². The van der Waals surface area contributed by atoms with Crippen molar-refractivity contribution in [2.24, 2.45) is 0 Å². The Morgan fingerprint density at radius 1 is 1.20 bits per heavy atom. The molecule has 0 aromatic heterocycles. The molecule has 0 heterocycles. The zero-order valence-corrected chi connectivity index (χ0v) is 12.0. The molecule has 0 aliphatic carbocycles. The van der Waals surface area contributed by atoms with E-state index >= 15 is 0 Å². The number of carbonyl (C=O) groups is 1. The highest BCUT2D eigenvalue weighted by Gasteiger charge is 1.95. The maximum absolute atomic E-state index is 10.7. The van der Waals surface area contributed by atoms with E-state index in [9.17, 15) is 4.79 Å². The average molecular weight is 344 g/mol. The number of esters is 1. The van der Waals surface area contributed by atoms with Gasteiger partial charge in [-0.25, -0.2) is 4.79 Å². The molecule has 0 aromatic carbocycles. The van der Waals surface area contributed by atoms with Gasteiger partial charge in [0.2, 0.25) is 0 Å². The molecular weight excluding hydrogens is 326 g/mol. The van der Waals surface area contributed by atoms with Crippen LogP contribution in [0.2, 0.25) is 0 Å². The molecule has 0 N–H and O–H groups in total. The molecular formula is C10H18IO3P. The highest BCUT2D eigenvalue weighted by molar-refractivity contribution is 14.2. The Hall–Kier alpha value is 0.330. The first-order valence-corrected chi connectivity index (χ1v) is 9.10. The van der Waals surface area contributed by atoms with E-state index in [1.807, 2.05) is 0 Å². The second kappa shape index (κ2) is 12.4. The lowest BCUT2D eigenvalue weighted by atomic mass is 10.1. The summed E-state index contributed by atoms with van der Waals surface area (Å²) in [4.78, 5) is 10.7. The Bertz CT molecular complexity index is 176. The van der Waals surface area contributed by atoms with Gasteiger partial charge in [0, 0.05) is 6.08 Å².